The molecule has 0 aromatic rings. The molecule has 1 N–H and O–H groups in total. The van der Waals surface area contributed by atoms with E-state index in [9.17, 15) is 9.59 Å². The van der Waals surface area contributed by atoms with Crippen LogP contribution in [0.3, 0.4) is 0 Å². The Kier molecular flexibility index (Phi) is 5.69. The second kappa shape index (κ2) is 7.06. The van der Waals surface area contributed by atoms with Crippen LogP contribution in [0.4, 0.5) is 0 Å². The SMILES string of the molecule is C=C1CCC(=O)N1OC(=O)CCCCCNC. The van der Waals surface area contributed by atoms with Crippen LogP contribution in [-0.2, 0) is 14.4 Å². The molecule has 1 amide bonds. The first-order chi connectivity index (χ1) is 8.15. The van der Waals surface area contributed by atoms with Gasteiger partial charge in [0.15, 0.2) is 0 Å². The van der Waals surface area contributed by atoms with Gasteiger partial charge in [0.05, 0.1) is 5.70 Å². The van der Waals surface area contributed by atoms with Crippen LogP contribution < -0.4 is 5.32 Å². The summed E-state index contributed by atoms with van der Waals surface area (Å²) in [7, 11) is 1.90. The van der Waals surface area contributed by atoms with E-state index in [0.717, 1.165) is 30.9 Å². The van der Waals surface area contributed by atoms with Crippen molar-refractivity contribution in [2.75, 3.05) is 13.6 Å². The van der Waals surface area contributed by atoms with Crippen LogP contribution in [0.5, 0.6) is 0 Å². The van der Waals surface area contributed by atoms with E-state index >= 15 is 0 Å². The third-order valence-corrected chi connectivity index (χ3v) is 2.64. The van der Waals surface area contributed by atoms with Gasteiger partial charge in [-0.3, -0.25) is 4.79 Å². The summed E-state index contributed by atoms with van der Waals surface area (Å²) in [6, 6.07) is 0. The molecule has 0 bridgehead atoms. The fourth-order valence-corrected chi connectivity index (χ4v) is 1.64. The zero-order chi connectivity index (χ0) is 12.7. The van der Waals surface area contributed by atoms with Crippen molar-refractivity contribution in [2.24, 2.45) is 0 Å². The van der Waals surface area contributed by atoms with Gasteiger partial charge in [-0.1, -0.05) is 13.0 Å². The Labute approximate surface area is 102 Å². The van der Waals surface area contributed by atoms with Crippen LogP contribution in [0.2, 0.25) is 0 Å². The summed E-state index contributed by atoms with van der Waals surface area (Å²) in [5.74, 6) is -0.538. The van der Waals surface area contributed by atoms with E-state index < -0.39 is 0 Å². The number of allylic oxidation sites excluding steroid dienone is 1. The van der Waals surface area contributed by atoms with Crippen LogP contribution >= 0.6 is 0 Å². The number of hydrogen-bond donors (Lipinski definition) is 1. The summed E-state index contributed by atoms with van der Waals surface area (Å²) in [4.78, 5) is 27.7. The lowest BCUT2D eigenvalue weighted by molar-refractivity contribution is -0.186. The van der Waals surface area contributed by atoms with Gasteiger partial charge in [-0.25, -0.2) is 4.79 Å². The Morgan fingerprint density at radius 3 is 2.76 bits per heavy atom. The second-order valence-electron chi connectivity index (χ2n) is 4.13. The number of unbranched alkanes of at least 4 members (excludes halogenated alkanes) is 2. The van der Waals surface area contributed by atoms with E-state index in [2.05, 4.69) is 11.9 Å². The van der Waals surface area contributed by atoms with Gasteiger partial charge in [-0.15, -0.1) is 5.06 Å². The third kappa shape index (κ3) is 4.56. The molecule has 96 valence electrons. The molecule has 0 saturated carbocycles. The number of nitrogens with zero attached hydrogens (tertiary/aromatic N) is 1. The van der Waals surface area contributed by atoms with Gasteiger partial charge >= 0.3 is 5.97 Å². The highest BCUT2D eigenvalue weighted by Gasteiger charge is 2.27. The van der Waals surface area contributed by atoms with Gasteiger partial charge in [-0.05, 0) is 32.9 Å². The van der Waals surface area contributed by atoms with E-state index in [1.54, 1.807) is 0 Å². The van der Waals surface area contributed by atoms with Gasteiger partial charge in [0, 0.05) is 12.8 Å². The Hall–Kier alpha value is -1.36. The van der Waals surface area contributed by atoms with Crippen LogP contribution in [0, 0.1) is 0 Å². The molecule has 5 heteroatoms. The Morgan fingerprint density at radius 2 is 2.18 bits per heavy atom. The van der Waals surface area contributed by atoms with E-state index in [1.807, 2.05) is 7.05 Å². The quantitative estimate of drug-likeness (QED) is 0.683. The van der Waals surface area contributed by atoms with E-state index in [-0.39, 0.29) is 11.9 Å². The lowest BCUT2D eigenvalue weighted by Gasteiger charge is -2.15. The number of carbonyl (C=O) groups is 2. The smallest absolute Gasteiger partial charge is 0.333 e. The highest BCUT2D eigenvalue weighted by molar-refractivity contribution is 5.82. The maximum Gasteiger partial charge on any atom is 0.333 e. The largest absolute Gasteiger partial charge is 0.334 e. The Balaban J connectivity index is 2.16. The van der Waals surface area contributed by atoms with Gasteiger partial charge in [0.2, 0.25) is 0 Å². The van der Waals surface area contributed by atoms with E-state index in [0.29, 0.717) is 25.0 Å². The Morgan fingerprint density at radius 1 is 1.41 bits per heavy atom. The molecule has 0 spiro atoms. The normalized spacial score (nSPS) is 15.5. The zero-order valence-electron chi connectivity index (χ0n) is 10.3. The van der Waals surface area contributed by atoms with Gasteiger partial charge in [-0.2, -0.15) is 0 Å². The molecule has 0 aromatic carbocycles. The fourth-order valence-electron chi connectivity index (χ4n) is 1.64. The Bertz CT molecular complexity index is 286. The maximum atomic E-state index is 11.4. The molecule has 1 heterocycles. The van der Waals surface area contributed by atoms with Crippen molar-refractivity contribution in [1.29, 1.82) is 0 Å². The fraction of sp³-hybridized carbons (Fsp3) is 0.667. The minimum atomic E-state index is -0.356. The molecule has 17 heavy (non-hydrogen) atoms. The van der Waals surface area contributed by atoms with Crippen LogP contribution in [-0.4, -0.2) is 30.5 Å². The lowest BCUT2D eigenvalue weighted by Crippen LogP contribution is -2.26. The first-order valence-electron chi connectivity index (χ1n) is 6.01. The maximum absolute atomic E-state index is 11.4. The number of rotatable bonds is 7. The molecule has 1 aliphatic heterocycles. The van der Waals surface area contributed by atoms with Crippen LogP contribution in [0.25, 0.3) is 0 Å². The summed E-state index contributed by atoms with van der Waals surface area (Å²) >= 11 is 0. The van der Waals surface area contributed by atoms with Gasteiger partial charge < -0.3 is 10.2 Å². The molecule has 5 nitrogen and oxygen atoms in total. The van der Waals surface area contributed by atoms with E-state index in [1.165, 1.54) is 0 Å². The standard InChI is InChI=1S/C12H20N2O3/c1-10-7-8-11(15)14(10)17-12(16)6-4-3-5-9-13-2/h13H,1,3-9H2,2H3. The molecule has 0 radical (unpaired) electrons. The van der Waals surface area contributed by atoms with Gasteiger partial charge in [0.25, 0.3) is 5.91 Å². The van der Waals surface area contributed by atoms with Gasteiger partial charge in [0.1, 0.15) is 0 Å². The summed E-state index contributed by atoms with van der Waals surface area (Å²) in [5, 5.41) is 4.08. The summed E-state index contributed by atoms with van der Waals surface area (Å²) in [6.07, 6.45) is 4.11. The molecular formula is C12H20N2O3. The van der Waals surface area contributed by atoms with E-state index in [4.69, 9.17) is 4.84 Å². The second-order valence-corrected chi connectivity index (χ2v) is 4.13. The summed E-state index contributed by atoms with van der Waals surface area (Å²) < 4.78 is 0. The highest BCUT2D eigenvalue weighted by atomic mass is 16.7. The van der Waals surface area contributed by atoms with Crippen molar-refractivity contribution < 1.29 is 14.4 Å². The molecule has 0 unspecified atom stereocenters. The van der Waals surface area contributed by atoms with Crippen molar-refractivity contribution in [3.63, 3.8) is 0 Å². The number of carbonyl (C=O) groups excluding carboxylic acids is 2. The topological polar surface area (TPSA) is 58.6 Å². The third-order valence-electron chi connectivity index (χ3n) is 2.64. The van der Waals surface area contributed by atoms with Crippen molar-refractivity contribution in [2.45, 2.75) is 38.5 Å². The molecule has 1 rings (SSSR count). The predicted octanol–water partition coefficient (Wildman–Crippen LogP) is 1.36. The lowest BCUT2D eigenvalue weighted by atomic mass is 10.2. The number of hydrogen-bond acceptors (Lipinski definition) is 4. The summed E-state index contributed by atoms with van der Waals surface area (Å²) in [5.41, 5.74) is 0.568. The molecule has 1 fully saturated rings. The average Bonchev–Trinajstić information content (AvgIpc) is 2.60. The molecule has 0 aliphatic carbocycles. The van der Waals surface area contributed by atoms with Crippen molar-refractivity contribution in [3.8, 4) is 0 Å². The summed E-state index contributed by atoms with van der Waals surface area (Å²) in [6.45, 7) is 4.63. The molecule has 1 saturated heterocycles. The minimum Gasteiger partial charge on any atom is -0.334 e. The minimum absolute atomic E-state index is 0.182. The number of amides is 1. The van der Waals surface area contributed by atoms with Crippen molar-refractivity contribution in [3.05, 3.63) is 12.3 Å². The molecular weight excluding hydrogens is 220 g/mol. The molecule has 0 atom stereocenters. The van der Waals surface area contributed by atoms with Crippen molar-refractivity contribution >= 4 is 11.9 Å². The highest BCUT2D eigenvalue weighted by Crippen LogP contribution is 2.21. The van der Waals surface area contributed by atoms with Crippen molar-refractivity contribution in [1.82, 2.24) is 10.4 Å². The first-order valence-corrected chi connectivity index (χ1v) is 6.01. The average molecular weight is 240 g/mol. The molecule has 1 aliphatic rings. The first kappa shape index (κ1) is 13.7. The number of nitrogens with one attached hydrogen (secondary N) is 1. The molecule has 0 aromatic heterocycles. The number of hydroxylamine groups is 2. The zero-order valence-corrected chi connectivity index (χ0v) is 10.3. The van der Waals surface area contributed by atoms with Crippen LogP contribution in [0.15, 0.2) is 12.3 Å². The monoisotopic (exact) mass is 240 g/mol. The van der Waals surface area contributed by atoms with Crippen LogP contribution in [0.1, 0.15) is 38.5 Å². The predicted molar refractivity (Wildman–Crippen MR) is 63.7 cm³/mol.